The fraction of sp³-hybridized carbons (Fsp3) is 0.227. The second-order valence-electron chi connectivity index (χ2n) is 6.77. The van der Waals surface area contributed by atoms with Crippen molar-refractivity contribution in [2.75, 3.05) is 10.6 Å². The largest absolute Gasteiger partial charge is 0.449 e. The van der Waals surface area contributed by atoms with Gasteiger partial charge in [-0.3, -0.25) is 9.59 Å². The van der Waals surface area contributed by atoms with Crippen LogP contribution in [-0.4, -0.2) is 23.9 Å². The van der Waals surface area contributed by atoms with E-state index in [-0.39, 0.29) is 11.5 Å². The van der Waals surface area contributed by atoms with Gasteiger partial charge in [0.2, 0.25) is 5.91 Å². The van der Waals surface area contributed by atoms with Crippen molar-refractivity contribution in [3.05, 3.63) is 58.5 Å². The van der Waals surface area contributed by atoms with E-state index in [1.165, 1.54) is 25.2 Å². The Labute approximate surface area is 172 Å². The molecule has 0 saturated heterocycles. The van der Waals surface area contributed by atoms with Gasteiger partial charge < -0.3 is 15.4 Å². The Balaban J connectivity index is 1.72. The van der Waals surface area contributed by atoms with Crippen LogP contribution in [0.3, 0.4) is 0 Å². The molecule has 0 fully saturated rings. The quantitative estimate of drug-likeness (QED) is 0.599. The number of amides is 2. The molecule has 2 aromatic carbocycles. The van der Waals surface area contributed by atoms with Crippen LogP contribution >= 0.6 is 11.3 Å². The van der Waals surface area contributed by atoms with Gasteiger partial charge in [-0.1, -0.05) is 30.3 Å². The minimum absolute atomic E-state index is 0.276. The van der Waals surface area contributed by atoms with Gasteiger partial charge in [0, 0.05) is 17.5 Å². The molecule has 0 aliphatic heterocycles. The number of anilines is 2. The van der Waals surface area contributed by atoms with E-state index in [4.69, 9.17) is 4.74 Å². The summed E-state index contributed by atoms with van der Waals surface area (Å²) in [5.41, 5.74) is 1.64. The molecule has 0 aliphatic carbocycles. The molecule has 6 nitrogen and oxygen atoms in total. The highest BCUT2D eigenvalue weighted by molar-refractivity contribution is 7.16. The molecule has 0 bridgehead atoms. The van der Waals surface area contributed by atoms with Crippen LogP contribution in [0.2, 0.25) is 0 Å². The molecule has 0 radical (unpaired) electrons. The number of esters is 1. The zero-order chi connectivity index (χ0) is 21.1. The van der Waals surface area contributed by atoms with Gasteiger partial charge in [-0.05, 0) is 49.2 Å². The summed E-state index contributed by atoms with van der Waals surface area (Å²) in [6, 6.07) is 13.4. The van der Waals surface area contributed by atoms with Crippen molar-refractivity contribution in [3.63, 3.8) is 0 Å². The Kier molecular flexibility index (Phi) is 5.98. The Hall–Kier alpha value is -3.19. The lowest BCUT2D eigenvalue weighted by Gasteiger charge is -2.15. The molecule has 7 heteroatoms. The molecular formula is C22H22N2O4S. The monoisotopic (exact) mass is 410 g/mol. The zero-order valence-corrected chi connectivity index (χ0v) is 17.5. The van der Waals surface area contributed by atoms with Gasteiger partial charge in [0.05, 0.1) is 5.56 Å². The van der Waals surface area contributed by atoms with E-state index >= 15 is 0 Å². The van der Waals surface area contributed by atoms with Gasteiger partial charge in [0.25, 0.3) is 5.91 Å². The third kappa shape index (κ3) is 4.63. The molecule has 1 heterocycles. The molecule has 0 spiro atoms. The van der Waals surface area contributed by atoms with Crippen molar-refractivity contribution in [2.24, 2.45) is 0 Å². The van der Waals surface area contributed by atoms with E-state index in [9.17, 15) is 14.4 Å². The van der Waals surface area contributed by atoms with E-state index in [1.54, 1.807) is 13.0 Å². The smallest absolute Gasteiger partial charge is 0.342 e. The standard InChI is InChI=1S/C22H22N2O4S/c1-12-14(3)29-21(23-15(4)25)19(12)22(27)28-13(2)20(26)24-18-10-9-16-7-5-6-8-17(16)11-18/h5-11,13H,1-4H3,(H,23,25)(H,24,26)/t13-/m0/s1. The number of hydrogen-bond acceptors (Lipinski definition) is 5. The number of rotatable bonds is 5. The van der Waals surface area contributed by atoms with Gasteiger partial charge in [-0.25, -0.2) is 4.79 Å². The molecule has 3 aromatic rings. The summed E-state index contributed by atoms with van der Waals surface area (Å²) < 4.78 is 5.38. The SMILES string of the molecule is CC(=O)Nc1sc(C)c(C)c1C(=O)O[C@@H](C)C(=O)Nc1ccc2ccccc2c1. The number of ether oxygens (including phenoxy) is 1. The maximum atomic E-state index is 12.7. The summed E-state index contributed by atoms with van der Waals surface area (Å²) in [4.78, 5) is 37.5. The van der Waals surface area contributed by atoms with Crippen LogP contribution in [0.15, 0.2) is 42.5 Å². The van der Waals surface area contributed by atoms with Crippen LogP contribution in [0.5, 0.6) is 0 Å². The average molecular weight is 410 g/mol. The van der Waals surface area contributed by atoms with E-state index in [0.717, 1.165) is 21.2 Å². The van der Waals surface area contributed by atoms with Crippen molar-refractivity contribution in [1.82, 2.24) is 0 Å². The van der Waals surface area contributed by atoms with Crippen LogP contribution in [-0.2, 0) is 14.3 Å². The number of thiophene rings is 1. The topological polar surface area (TPSA) is 84.5 Å². The summed E-state index contributed by atoms with van der Waals surface area (Å²) in [7, 11) is 0. The van der Waals surface area contributed by atoms with Gasteiger partial charge in [0.1, 0.15) is 5.00 Å². The van der Waals surface area contributed by atoms with Gasteiger partial charge >= 0.3 is 5.97 Å². The third-order valence-corrected chi connectivity index (χ3v) is 5.67. The van der Waals surface area contributed by atoms with Gasteiger partial charge in [-0.2, -0.15) is 0 Å². The number of carbonyl (C=O) groups excluding carboxylic acids is 3. The molecule has 0 aliphatic rings. The second-order valence-corrected chi connectivity index (χ2v) is 7.99. The molecule has 1 aromatic heterocycles. The maximum absolute atomic E-state index is 12.7. The average Bonchev–Trinajstić information content (AvgIpc) is 2.94. The fourth-order valence-electron chi connectivity index (χ4n) is 2.90. The number of fused-ring (bicyclic) bond motifs is 1. The third-order valence-electron chi connectivity index (χ3n) is 4.55. The lowest BCUT2D eigenvalue weighted by Crippen LogP contribution is -2.30. The van der Waals surface area contributed by atoms with Crippen LogP contribution < -0.4 is 10.6 Å². The molecule has 2 amide bonds. The van der Waals surface area contributed by atoms with Crippen LogP contribution in [0.1, 0.15) is 34.6 Å². The summed E-state index contributed by atoms with van der Waals surface area (Å²) in [5, 5.41) is 7.93. The van der Waals surface area contributed by atoms with Crippen LogP contribution in [0.25, 0.3) is 10.8 Å². The molecule has 150 valence electrons. The maximum Gasteiger partial charge on any atom is 0.342 e. The molecular weight excluding hydrogens is 388 g/mol. The van der Waals surface area contributed by atoms with Crippen molar-refractivity contribution in [3.8, 4) is 0 Å². The minimum atomic E-state index is -1.00. The van der Waals surface area contributed by atoms with E-state index in [0.29, 0.717) is 10.7 Å². The summed E-state index contributed by atoms with van der Waals surface area (Å²) in [6.07, 6.45) is -1.00. The zero-order valence-electron chi connectivity index (χ0n) is 16.7. The van der Waals surface area contributed by atoms with E-state index in [1.807, 2.05) is 43.3 Å². The molecule has 29 heavy (non-hydrogen) atoms. The molecule has 0 unspecified atom stereocenters. The fourth-order valence-corrected chi connectivity index (χ4v) is 4.00. The summed E-state index contributed by atoms with van der Waals surface area (Å²) in [5.74, 6) is -1.35. The van der Waals surface area contributed by atoms with Crippen molar-refractivity contribution >= 4 is 50.6 Å². The normalized spacial score (nSPS) is 11.7. The van der Waals surface area contributed by atoms with E-state index in [2.05, 4.69) is 10.6 Å². The first-order valence-corrected chi connectivity index (χ1v) is 9.96. The summed E-state index contributed by atoms with van der Waals surface area (Å²) >= 11 is 1.30. The van der Waals surface area contributed by atoms with E-state index < -0.39 is 18.0 Å². The minimum Gasteiger partial charge on any atom is -0.449 e. The Bertz CT molecular complexity index is 1100. The van der Waals surface area contributed by atoms with Gasteiger partial charge in [-0.15, -0.1) is 11.3 Å². The first-order chi connectivity index (χ1) is 13.8. The molecule has 3 rings (SSSR count). The van der Waals surface area contributed by atoms with Crippen molar-refractivity contribution in [2.45, 2.75) is 33.8 Å². The highest BCUT2D eigenvalue weighted by atomic mass is 32.1. The summed E-state index contributed by atoms with van der Waals surface area (Å²) in [6.45, 7) is 6.53. The number of hydrogen-bond donors (Lipinski definition) is 2. The lowest BCUT2D eigenvalue weighted by atomic mass is 10.1. The number of benzene rings is 2. The predicted molar refractivity (Wildman–Crippen MR) is 116 cm³/mol. The molecule has 2 N–H and O–H groups in total. The van der Waals surface area contributed by atoms with Crippen molar-refractivity contribution in [1.29, 1.82) is 0 Å². The molecule has 0 saturated carbocycles. The first-order valence-electron chi connectivity index (χ1n) is 9.14. The van der Waals surface area contributed by atoms with Crippen LogP contribution in [0.4, 0.5) is 10.7 Å². The Morgan fingerprint density at radius 3 is 2.38 bits per heavy atom. The number of nitrogens with one attached hydrogen (secondary N) is 2. The second kappa shape index (κ2) is 8.45. The highest BCUT2D eigenvalue weighted by Gasteiger charge is 2.25. The van der Waals surface area contributed by atoms with Crippen LogP contribution in [0, 0.1) is 13.8 Å². The number of aryl methyl sites for hydroxylation is 1. The lowest BCUT2D eigenvalue weighted by molar-refractivity contribution is -0.123. The Morgan fingerprint density at radius 2 is 1.69 bits per heavy atom. The highest BCUT2D eigenvalue weighted by Crippen LogP contribution is 2.33. The number of carbonyl (C=O) groups is 3. The first kappa shape index (κ1) is 20.5. The Morgan fingerprint density at radius 1 is 1.00 bits per heavy atom. The van der Waals surface area contributed by atoms with Crippen molar-refractivity contribution < 1.29 is 19.1 Å². The van der Waals surface area contributed by atoms with Gasteiger partial charge in [0.15, 0.2) is 6.10 Å². The molecule has 1 atom stereocenters. The predicted octanol–water partition coefficient (Wildman–Crippen LogP) is 4.66.